The van der Waals surface area contributed by atoms with Crippen LogP contribution in [0.25, 0.3) is 0 Å². The number of rotatable bonds is 15. The van der Waals surface area contributed by atoms with Gasteiger partial charge in [0.15, 0.2) is 0 Å². The largest absolute Gasteiger partial charge is 0.378 e. The first kappa shape index (κ1) is 27.2. The third-order valence-corrected chi connectivity index (χ3v) is 6.25. The minimum atomic E-state index is 0.113. The quantitative estimate of drug-likeness (QED) is 0.145. The van der Waals surface area contributed by atoms with Crippen molar-refractivity contribution in [3.63, 3.8) is 0 Å². The van der Waals surface area contributed by atoms with E-state index in [1.165, 1.54) is 17.6 Å². The Labute approximate surface area is 193 Å². The molecule has 1 aliphatic rings. The molecule has 0 aromatic heterocycles. The van der Waals surface area contributed by atoms with Crippen LogP contribution in [0, 0.1) is 23.2 Å². The summed E-state index contributed by atoms with van der Waals surface area (Å²) in [5.41, 5.74) is 4.48. The summed E-state index contributed by atoms with van der Waals surface area (Å²) in [5.74, 6) is 1.45. The molecule has 3 unspecified atom stereocenters. The zero-order chi connectivity index (χ0) is 23.3. The maximum absolute atomic E-state index is 5.51. The molecule has 1 saturated carbocycles. The van der Waals surface area contributed by atoms with Gasteiger partial charge >= 0.3 is 0 Å². The molecule has 0 aromatic carbocycles. The van der Waals surface area contributed by atoms with Gasteiger partial charge in [-0.05, 0) is 63.9 Å². The van der Waals surface area contributed by atoms with Crippen LogP contribution in [0.2, 0.25) is 0 Å². The lowest BCUT2D eigenvalue weighted by molar-refractivity contribution is 0.177. The molecule has 172 valence electrons. The van der Waals surface area contributed by atoms with Crippen molar-refractivity contribution in [3.8, 4) is 0 Å². The summed E-state index contributed by atoms with van der Waals surface area (Å²) < 4.78 is 5.51. The normalized spacial score (nSPS) is 23.7. The van der Waals surface area contributed by atoms with Gasteiger partial charge in [0.25, 0.3) is 0 Å². The second-order valence-corrected chi connectivity index (χ2v) is 8.93. The zero-order valence-corrected chi connectivity index (χ0v) is 21.0. The van der Waals surface area contributed by atoms with Gasteiger partial charge in [-0.15, -0.1) is 6.58 Å². The standard InChI is InChI=1S/C30H46O/c1-9-16-25(8)18-14-20-29(24(6)7)30(23-28(30)12-4)22-27(17-10-2)26(11-3)19-15-21-31-13-5/h9-10,12,15-17,19-20,22,24,26,28H,1,4,11,13-14,18,21,23H2,2-3,5-8H3. The number of hydrogen-bond donors (Lipinski definition) is 0. The van der Waals surface area contributed by atoms with Crippen LogP contribution in [-0.2, 0) is 4.74 Å². The van der Waals surface area contributed by atoms with Crippen LogP contribution in [0.5, 0.6) is 0 Å². The summed E-state index contributed by atoms with van der Waals surface area (Å²) in [6.07, 6.45) is 24.6. The van der Waals surface area contributed by atoms with Crippen LogP contribution in [0.4, 0.5) is 0 Å². The molecule has 0 amide bonds. The highest BCUT2D eigenvalue weighted by molar-refractivity contribution is 5.42. The Balaban J connectivity index is 3.29. The van der Waals surface area contributed by atoms with E-state index in [1.54, 1.807) is 5.57 Å². The smallest absolute Gasteiger partial charge is 0.0647 e. The molecule has 1 fully saturated rings. The van der Waals surface area contributed by atoms with Crippen molar-refractivity contribution in [3.05, 3.63) is 84.6 Å². The molecule has 0 bridgehead atoms. The fraction of sp³-hybridized carbons (Fsp3) is 0.533. The molecule has 0 aliphatic heterocycles. The fourth-order valence-corrected chi connectivity index (χ4v) is 4.54. The van der Waals surface area contributed by atoms with Crippen LogP contribution in [0.15, 0.2) is 84.6 Å². The molecular weight excluding hydrogens is 376 g/mol. The summed E-state index contributed by atoms with van der Waals surface area (Å²) in [6, 6.07) is 0. The lowest BCUT2D eigenvalue weighted by atomic mass is 9.80. The van der Waals surface area contributed by atoms with Gasteiger partial charge in [-0.25, -0.2) is 0 Å². The van der Waals surface area contributed by atoms with Crippen LogP contribution in [-0.4, -0.2) is 13.2 Å². The van der Waals surface area contributed by atoms with Crippen LogP contribution >= 0.6 is 0 Å². The van der Waals surface area contributed by atoms with Gasteiger partial charge in [0.2, 0.25) is 0 Å². The maximum Gasteiger partial charge on any atom is 0.0647 e. The van der Waals surface area contributed by atoms with Gasteiger partial charge < -0.3 is 4.74 Å². The summed E-state index contributed by atoms with van der Waals surface area (Å²) in [6.45, 7) is 22.7. The van der Waals surface area contributed by atoms with Crippen molar-refractivity contribution in [1.29, 1.82) is 0 Å². The average molecular weight is 423 g/mol. The Morgan fingerprint density at radius 1 is 1.23 bits per heavy atom. The number of ether oxygens (including phenoxy) is 1. The predicted octanol–water partition coefficient (Wildman–Crippen LogP) is 8.80. The highest BCUT2D eigenvalue weighted by atomic mass is 16.5. The molecule has 0 N–H and O–H groups in total. The first-order valence-corrected chi connectivity index (χ1v) is 12.1. The lowest BCUT2D eigenvalue weighted by Crippen LogP contribution is -2.13. The molecule has 1 nitrogen and oxygen atoms in total. The van der Waals surface area contributed by atoms with Gasteiger partial charge in [-0.3, -0.25) is 0 Å². The van der Waals surface area contributed by atoms with Crippen LogP contribution < -0.4 is 0 Å². The van der Waals surface area contributed by atoms with Gasteiger partial charge in [0, 0.05) is 17.9 Å². The van der Waals surface area contributed by atoms with Gasteiger partial charge in [-0.1, -0.05) is 93.2 Å². The second-order valence-electron chi connectivity index (χ2n) is 8.93. The highest BCUT2D eigenvalue weighted by Gasteiger charge is 2.53. The van der Waals surface area contributed by atoms with Gasteiger partial charge in [0.05, 0.1) is 6.61 Å². The van der Waals surface area contributed by atoms with E-state index < -0.39 is 0 Å². The third-order valence-electron chi connectivity index (χ3n) is 6.25. The first-order valence-electron chi connectivity index (χ1n) is 12.1. The summed E-state index contributed by atoms with van der Waals surface area (Å²) in [4.78, 5) is 0. The van der Waals surface area contributed by atoms with E-state index in [9.17, 15) is 0 Å². The minimum Gasteiger partial charge on any atom is -0.378 e. The monoisotopic (exact) mass is 422 g/mol. The van der Waals surface area contributed by atoms with E-state index in [-0.39, 0.29) is 5.41 Å². The van der Waals surface area contributed by atoms with Crippen molar-refractivity contribution in [1.82, 2.24) is 0 Å². The molecule has 1 heteroatoms. The highest BCUT2D eigenvalue weighted by Crippen LogP contribution is 2.62. The Hall–Kier alpha value is -1.86. The second kappa shape index (κ2) is 14.2. The van der Waals surface area contributed by atoms with Crippen molar-refractivity contribution in [2.75, 3.05) is 13.2 Å². The predicted molar refractivity (Wildman–Crippen MR) is 139 cm³/mol. The number of allylic oxidation sites excluding steroid dienone is 11. The Morgan fingerprint density at radius 2 is 1.97 bits per heavy atom. The van der Waals surface area contributed by atoms with Gasteiger partial charge in [-0.2, -0.15) is 0 Å². The van der Waals surface area contributed by atoms with Gasteiger partial charge in [0.1, 0.15) is 0 Å². The minimum absolute atomic E-state index is 0.113. The molecule has 0 spiro atoms. The lowest BCUT2D eigenvalue weighted by Gasteiger charge is -2.24. The molecule has 1 aliphatic carbocycles. The van der Waals surface area contributed by atoms with Crippen LogP contribution in [0.1, 0.15) is 67.2 Å². The average Bonchev–Trinajstić information content (AvgIpc) is 3.44. The molecule has 0 aromatic rings. The fourth-order valence-electron chi connectivity index (χ4n) is 4.54. The Bertz CT molecular complexity index is 713. The summed E-state index contributed by atoms with van der Waals surface area (Å²) >= 11 is 0. The zero-order valence-electron chi connectivity index (χ0n) is 21.0. The molecule has 0 heterocycles. The first-order chi connectivity index (χ1) is 14.9. The molecular formula is C30H46O. The van der Waals surface area contributed by atoms with Crippen molar-refractivity contribution in [2.24, 2.45) is 23.2 Å². The number of hydrogen-bond acceptors (Lipinski definition) is 1. The van der Waals surface area contributed by atoms with Crippen molar-refractivity contribution >= 4 is 0 Å². The summed E-state index contributed by atoms with van der Waals surface area (Å²) in [7, 11) is 0. The van der Waals surface area contributed by atoms with E-state index in [0.717, 1.165) is 25.9 Å². The van der Waals surface area contributed by atoms with E-state index in [4.69, 9.17) is 4.74 Å². The molecule has 3 atom stereocenters. The van der Waals surface area contributed by atoms with Crippen LogP contribution in [0.3, 0.4) is 0 Å². The van der Waals surface area contributed by atoms with E-state index >= 15 is 0 Å². The molecule has 1 rings (SSSR count). The van der Waals surface area contributed by atoms with E-state index in [2.05, 4.69) is 96.4 Å². The molecule has 31 heavy (non-hydrogen) atoms. The topological polar surface area (TPSA) is 9.23 Å². The summed E-state index contributed by atoms with van der Waals surface area (Å²) in [5, 5.41) is 0. The molecule has 0 radical (unpaired) electrons. The SMILES string of the molecule is C=CC=C(C)CCC=C(C(C)C)C1(C=C(C=CC)C(C=CCOCC)CC)CC1C=C. The molecule has 0 saturated heterocycles. The third kappa shape index (κ3) is 8.30. The van der Waals surface area contributed by atoms with E-state index in [0.29, 0.717) is 24.4 Å². The van der Waals surface area contributed by atoms with Crippen molar-refractivity contribution < 1.29 is 4.74 Å². The maximum atomic E-state index is 5.51. The Morgan fingerprint density at radius 3 is 2.48 bits per heavy atom. The Kier molecular flexibility index (Phi) is 12.5. The van der Waals surface area contributed by atoms with Crippen molar-refractivity contribution in [2.45, 2.75) is 67.2 Å². The van der Waals surface area contributed by atoms with E-state index in [1.807, 2.05) is 13.0 Å².